The first-order valence-corrected chi connectivity index (χ1v) is 7.02. The molecule has 1 aliphatic rings. The molecule has 1 aromatic heterocycles. The molecule has 5 heteroatoms. The SMILES string of the molecule is CCC1Oc2cc(N)ccc2NC1=NCc1cccnc1. The second kappa shape index (κ2) is 5.83. The minimum atomic E-state index is -0.0732. The summed E-state index contributed by atoms with van der Waals surface area (Å²) in [4.78, 5) is 8.73. The molecule has 21 heavy (non-hydrogen) atoms. The molecule has 0 radical (unpaired) electrons. The van der Waals surface area contributed by atoms with Gasteiger partial charge in [0, 0.05) is 24.1 Å². The van der Waals surface area contributed by atoms with E-state index in [2.05, 4.69) is 22.2 Å². The van der Waals surface area contributed by atoms with E-state index in [-0.39, 0.29) is 6.10 Å². The number of nitrogens with two attached hydrogens (primary N) is 1. The van der Waals surface area contributed by atoms with Gasteiger partial charge in [0.15, 0.2) is 6.10 Å². The fraction of sp³-hybridized carbons (Fsp3) is 0.250. The van der Waals surface area contributed by atoms with Crippen LogP contribution in [-0.2, 0) is 6.54 Å². The third-order valence-corrected chi connectivity index (χ3v) is 3.37. The molecule has 5 nitrogen and oxygen atoms in total. The highest BCUT2D eigenvalue weighted by Crippen LogP contribution is 2.32. The Hall–Kier alpha value is -2.56. The second-order valence-electron chi connectivity index (χ2n) is 4.96. The number of aliphatic imine (C=N–C) groups is 1. The molecule has 0 saturated heterocycles. The Kier molecular flexibility index (Phi) is 3.73. The zero-order valence-electron chi connectivity index (χ0n) is 11.9. The van der Waals surface area contributed by atoms with E-state index in [1.165, 1.54) is 0 Å². The molecule has 0 bridgehead atoms. The van der Waals surface area contributed by atoms with Crippen molar-refractivity contribution >= 4 is 17.2 Å². The molecule has 1 unspecified atom stereocenters. The number of amidine groups is 1. The number of nitrogen functional groups attached to an aromatic ring is 1. The minimum Gasteiger partial charge on any atom is -0.480 e. The molecule has 2 aromatic rings. The maximum absolute atomic E-state index is 5.97. The maximum atomic E-state index is 5.97. The molecule has 108 valence electrons. The molecule has 2 heterocycles. The quantitative estimate of drug-likeness (QED) is 0.849. The predicted octanol–water partition coefficient (Wildman–Crippen LogP) is 2.85. The summed E-state index contributed by atoms with van der Waals surface area (Å²) in [6, 6.07) is 9.52. The second-order valence-corrected chi connectivity index (χ2v) is 4.96. The monoisotopic (exact) mass is 282 g/mol. The van der Waals surface area contributed by atoms with E-state index in [1.807, 2.05) is 36.5 Å². The van der Waals surface area contributed by atoms with Crippen LogP contribution in [0.2, 0.25) is 0 Å². The predicted molar refractivity (Wildman–Crippen MR) is 84.6 cm³/mol. The van der Waals surface area contributed by atoms with Gasteiger partial charge in [-0.1, -0.05) is 13.0 Å². The van der Waals surface area contributed by atoms with Gasteiger partial charge in [0.05, 0.1) is 12.2 Å². The first kappa shape index (κ1) is 13.4. The Morgan fingerprint density at radius 3 is 3.05 bits per heavy atom. The summed E-state index contributed by atoms with van der Waals surface area (Å²) in [6.07, 6.45) is 4.35. The summed E-state index contributed by atoms with van der Waals surface area (Å²) in [5, 5.41) is 3.34. The lowest BCUT2D eigenvalue weighted by Crippen LogP contribution is -2.36. The van der Waals surface area contributed by atoms with E-state index >= 15 is 0 Å². The lowest BCUT2D eigenvalue weighted by atomic mass is 10.1. The Bertz CT molecular complexity index is 655. The summed E-state index contributed by atoms with van der Waals surface area (Å²) < 4.78 is 5.97. The summed E-state index contributed by atoms with van der Waals surface area (Å²) >= 11 is 0. The molecule has 3 N–H and O–H groups in total. The number of rotatable bonds is 3. The van der Waals surface area contributed by atoms with Crippen molar-refractivity contribution in [3.05, 3.63) is 48.3 Å². The van der Waals surface area contributed by atoms with Crippen LogP contribution >= 0.6 is 0 Å². The van der Waals surface area contributed by atoms with E-state index in [0.29, 0.717) is 12.2 Å². The van der Waals surface area contributed by atoms with E-state index in [0.717, 1.165) is 29.3 Å². The zero-order valence-corrected chi connectivity index (χ0v) is 11.9. The van der Waals surface area contributed by atoms with Crippen LogP contribution in [0.4, 0.5) is 11.4 Å². The van der Waals surface area contributed by atoms with Gasteiger partial charge >= 0.3 is 0 Å². The number of nitrogens with one attached hydrogen (secondary N) is 1. The van der Waals surface area contributed by atoms with Crippen LogP contribution in [0, 0.1) is 0 Å². The standard InChI is InChI=1S/C16H18N4O/c1-2-14-16(19-10-11-4-3-7-18-9-11)20-13-6-5-12(17)8-15(13)21-14/h3-9,14H,2,10,17H2,1H3,(H,19,20). The molecule has 0 saturated carbocycles. The number of nitrogens with zero attached hydrogens (tertiary/aromatic N) is 2. The fourth-order valence-electron chi connectivity index (χ4n) is 2.25. The van der Waals surface area contributed by atoms with Gasteiger partial charge in [-0.3, -0.25) is 9.98 Å². The Balaban J connectivity index is 1.83. The minimum absolute atomic E-state index is 0.0732. The molecule has 0 aliphatic carbocycles. The number of anilines is 2. The summed E-state index contributed by atoms with van der Waals surface area (Å²) in [6.45, 7) is 2.66. The number of fused-ring (bicyclic) bond motifs is 1. The topological polar surface area (TPSA) is 72.5 Å². The van der Waals surface area contributed by atoms with Crippen molar-refractivity contribution in [1.82, 2.24) is 4.98 Å². The molecule has 1 atom stereocenters. The number of ether oxygens (including phenoxy) is 1. The van der Waals surface area contributed by atoms with Gasteiger partial charge in [-0.15, -0.1) is 0 Å². The van der Waals surface area contributed by atoms with Crippen molar-refractivity contribution in [1.29, 1.82) is 0 Å². The summed E-state index contributed by atoms with van der Waals surface area (Å²) in [5.41, 5.74) is 8.46. The molecule has 0 amide bonds. The lowest BCUT2D eigenvalue weighted by Gasteiger charge is -2.28. The van der Waals surface area contributed by atoms with Crippen LogP contribution in [0.5, 0.6) is 5.75 Å². The van der Waals surface area contributed by atoms with Crippen LogP contribution in [-0.4, -0.2) is 16.9 Å². The van der Waals surface area contributed by atoms with Gasteiger partial charge in [0.25, 0.3) is 0 Å². The molecule has 0 spiro atoms. The molecule has 0 fully saturated rings. The average molecular weight is 282 g/mol. The van der Waals surface area contributed by atoms with Crippen molar-refractivity contribution in [2.45, 2.75) is 26.0 Å². The van der Waals surface area contributed by atoms with Crippen LogP contribution in [0.15, 0.2) is 47.7 Å². The lowest BCUT2D eigenvalue weighted by molar-refractivity contribution is 0.258. The number of hydrogen-bond acceptors (Lipinski definition) is 4. The average Bonchev–Trinajstić information content (AvgIpc) is 2.53. The van der Waals surface area contributed by atoms with Crippen LogP contribution < -0.4 is 15.8 Å². The number of benzene rings is 1. The zero-order chi connectivity index (χ0) is 14.7. The van der Waals surface area contributed by atoms with Crippen LogP contribution in [0.1, 0.15) is 18.9 Å². The van der Waals surface area contributed by atoms with Gasteiger partial charge in [0.1, 0.15) is 11.6 Å². The van der Waals surface area contributed by atoms with Gasteiger partial charge in [-0.25, -0.2) is 0 Å². The molecule has 1 aromatic carbocycles. The van der Waals surface area contributed by atoms with Crippen molar-refractivity contribution in [2.75, 3.05) is 11.1 Å². The van der Waals surface area contributed by atoms with Gasteiger partial charge < -0.3 is 15.8 Å². The number of hydrogen-bond donors (Lipinski definition) is 2. The van der Waals surface area contributed by atoms with Crippen LogP contribution in [0.25, 0.3) is 0 Å². The summed E-state index contributed by atoms with van der Waals surface area (Å²) in [7, 11) is 0. The van der Waals surface area contributed by atoms with Crippen LogP contribution in [0.3, 0.4) is 0 Å². The number of pyridine rings is 1. The largest absolute Gasteiger partial charge is 0.480 e. The van der Waals surface area contributed by atoms with Gasteiger partial charge in [0.2, 0.25) is 0 Å². The van der Waals surface area contributed by atoms with E-state index < -0.39 is 0 Å². The van der Waals surface area contributed by atoms with Crippen molar-refractivity contribution < 1.29 is 4.74 Å². The van der Waals surface area contributed by atoms with Crippen molar-refractivity contribution in [3.8, 4) is 5.75 Å². The highest BCUT2D eigenvalue weighted by atomic mass is 16.5. The Morgan fingerprint density at radius 2 is 2.29 bits per heavy atom. The van der Waals surface area contributed by atoms with Gasteiger partial charge in [-0.05, 0) is 30.2 Å². The third kappa shape index (κ3) is 2.97. The Labute approximate surface area is 123 Å². The first-order valence-electron chi connectivity index (χ1n) is 7.02. The molecular weight excluding hydrogens is 264 g/mol. The normalized spacial score (nSPS) is 18.7. The fourth-order valence-corrected chi connectivity index (χ4v) is 2.25. The highest BCUT2D eigenvalue weighted by molar-refractivity contribution is 6.02. The third-order valence-electron chi connectivity index (χ3n) is 3.37. The molecule has 3 rings (SSSR count). The first-order chi connectivity index (χ1) is 10.3. The van der Waals surface area contributed by atoms with E-state index in [9.17, 15) is 0 Å². The molecule has 1 aliphatic heterocycles. The highest BCUT2D eigenvalue weighted by Gasteiger charge is 2.24. The maximum Gasteiger partial charge on any atom is 0.155 e. The number of aromatic nitrogens is 1. The van der Waals surface area contributed by atoms with Crippen molar-refractivity contribution in [3.63, 3.8) is 0 Å². The Morgan fingerprint density at radius 1 is 1.38 bits per heavy atom. The summed E-state index contributed by atoms with van der Waals surface area (Å²) in [5.74, 6) is 1.63. The van der Waals surface area contributed by atoms with E-state index in [1.54, 1.807) is 6.20 Å². The van der Waals surface area contributed by atoms with Crippen molar-refractivity contribution in [2.24, 2.45) is 4.99 Å². The van der Waals surface area contributed by atoms with E-state index in [4.69, 9.17) is 10.5 Å². The van der Waals surface area contributed by atoms with Gasteiger partial charge in [-0.2, -0.15) is 0 Å². The molecular formula is C16H18N4O. The smallest absolute Gasteiger partial charge is 0.155 e.